The summed E-state index contributed by atoms with van der Waals surface area (Å²) in [4.78, 5) is 0. The highest BCUT2D eigenvalue weighted by Crippen LogP contribution is 2.48. The van der Waals surface area contributed by atoms with Gasteiger partial charge in [-0.15, -0.1) is 0 Å². The monoisotopic (exact) mass is 202 g/mol. The van der Waals surface area contributed by atoms with E-state index < -0.39 is 0 Å². The molecule has 1 N–H and O–H groups in total. The minimum Gasteiger partial charge on any atom is -0.396 e. The number of hydrogen-bond acceptors (Lipinski definition) is 2. The Morgan fingerprint density at radius 2 is 2.27 bits per heavy atom. The number of hydrogen-bond donors (Lipinski definition) is 1. The van der Waals surface area contributed by atoms with Crippen LogP contribution in [-0.4, -0.2) is 21.5 Å². The van der Waals surface area contributed by atoms with Crippen LogP contribution in [0.3, 0.4) is 0 Å². The maximum Gasteiger partial charge on any atom is 0.0737 e. The van der Waals surface area contributed by atoms with E-state index in [2.05, 4.69) is 17.2 Å². The average Bonchev–Trinajstić information content (AvgIpc) is 2.98. The number of benzene rings is 1. The fourth-order valence-corrected chi connectivity index (χ4v) is 2.30. The van der Waals surface area contributed by atoms with Gasteiger partial charge in [0.25, 0.3) is 0 Å². The molecule has 0 radical (unpaired) electrons. The predicted molar refractivity (Wildman–Crippen MR) is 58.6 cm³/mol. The van der Waals surface area contributed by atoms with Crippen LogP contribution in [0.25, 0.3) is 10.9 Å². The smallest absolute Gasteiger partial charge is 0.0737 e. The van der Waals surface area contributed by atoms with Crippen LogP contribution in [0.4, 0.5) is 0 Å². The van der Waals surface area contributed by atoms with Gasteiger partial charge in [0.1, 0.15) is 0 Å². The van der Waals surface area contributed by atoms with E-state index >= 15 is 0 Å². The molecule has 78 valence electrons. The molecule has 0 aliphatic heterocycles. The molecule has 1 heterocycles. The van der Waals surface area contributed by atoms with Crippen LogP contribution < -0.4 is 0 Å². The molecular formula is C12H14N2O. The zero-order chi connectivity index (χ0) is 10.4. The van der Waals surface area contributed by atoms with Crippen molar-refractivity contribution in [3.63, 3.8) is 0 Å². The number of aliphatic hydroxyl groups excluding tert-OH is 1. The summed E-state index contributed by atoms with van der Waals surface area (Å²) in [7, 11) is 1.97. The second-order valence-electron chi connectivity index (χ2n) is 4.31. The van der Waals surface area contributed by atoms with Gasteiger partial charge >= 0.3 is 0 Å². The Labute approximate surface area is 88.3 Å². The van der Waals surface area contributed by atoms with Crippen LogP contribution in [0.2, 0.25) is 0 Å². The summed E-state index contributed by atoms with van der Waals surface area (Å²) in [6, 6.07) is 8.28. The number of aromatic nitrogens is 2. The zero-order valence-corrected chi connectivity index (χ0v) is 8.72. The van der Waals surface area contributed by atoms with Crippen molar-refractivity contribution < 1.29 is 5.11 Å². The molecule has 0 spiro atoms. The van der Waals surface area contributed by atoms with Gasteiger partial charge in [0.15, 0.2) is 0 Å². The lowest BCUT2D eigenvalue weighted by Crippen LogP contribution is -1.93. The molecule has 1 saturated carbocycles. The van der Waals surface area contributed by atoms with Gasteiger partial charge in [-0.1, -0.05) is 18.2 Å². The van der Waals surface area contributed by atoms with Gasteiger partial charge < -0.3 is 5.11 Å². The highest BCUT2D eigenvalue weighted by molar-refractivity contribution is 5.82. The molecule has 3 nitrogen and oxygen atoms in total. The molecular weight excluding hydrogens is 188 g/mol. The first-order chi connectivity index (χ1) is 7.31. The summed E-state index contributed by atoms with van der Waals surface area (Å²) in [5.41, 5.74) is 2.34. The molecule has 0 unspecified atom stereocenters. The zero-order valence-electron chi connectivity index (χ0n) is 8.72. The summed E-state index contributed by atoms with van der Waals surface area (Å²) >= 11 is 0. The Morgan fingerprint density at radius 1 is 1.47 bits per heavy atom. The lowest BCUT2D eigenvalue weighted by Gasteiger charge is -1.93. The van der Waals surface area contributed by atoms with Gasteiger partial charge in [-0.05, 0) is 18.4 Å². The minimum atomic E-state index is 0.287. The molecule has 3 rings (SSSR count). The number of para-hydroxylation sites is 1. The molecule has 3 heteroatoms. The molecule has 1 aliphatic rings. The molecule has 0 bridgehead atoms. The van der Waals surface area contributed by atoms with Crippen molar-refractivity contribution in [3.05, 3.63) is 30.0 Å². The van der Waals surface area contributed by atoms with Crippen molar-refractivity contribution in [2.75, 3.05) is 6.61 Å². The minimum absolute atomic E-state index is 0.287. The summed E-state index contributed by atoms with van der Waals surface area (Å²) in [5, 5.41) is 14.9. The molecule has 2 aromatic rings. The largest absolute Gasteiger partial charge is 0.396 e. The van der Waals surface area contributed by atoms with Crippen LogP contribution in [0.15, 0.2) is 24.3 Å². The van der Waals surface area contributed by atoms with Crippen LogP contribution >= 0.6 is 0 Å². The lowest BCUT2D eigenvalue weighted by atomic mass is 10.1. The topological polar surface area (TPSA) is 38.0 Å². The van der Waals surface area contributed by atoms with Crippen LogP contribution in [0.1, 0.15) is 18.0 Å². The highest BCUT2D eigenvalue weighted by atomic mass is 16.3. The van der Waals surface area contributed by atoms with Crippen LogP contribution in [0.5, 0.6) is 0 Å². The average molecular weight is 202 g/mol. The van der Waals surface area contributed by atoms with E-state index in [9.17, 15) is 0 Å². The van der Waals surface area contributed by atoms with E-state index in [1.54, 1.807) is 0 Å². The second-order valence-corrected chi connectivity index (χ2v) is 4.31. The molecule has 15 heavy (non-hydrogen) atoms. The van der Waals surface area contributed by atoms with Crippen molar-refractivity contribution in [1.29, 1.82) is 0 Å². The van der Waals surface area contributed by atoms with Crippen molar-refractivity contribution in [1.82, 2.24) is 9.78 Å². The van der Waals surface area contributed by atoms with E-state index in [-0.39, 0.29) is 6.61 Å². The Kier molecular flexibility index (Phi) is 1.83. The number of nitrogens with zero attached hydrogens (tertiary/aromatic N) is 2. The Bertz CT molecular complexity index is 503. The molecule has 1 fully saturated rings. The number of rotatable bonds is 2. The van der Waals surface area contributed by atoms with E-state index in [1.807, 2.05) is 23.9 Å². The first kappa shape index (κ1) is 8.92. The number of aryl methyl sites for hydroxylation is 1. The Hall–Kier alpha value is -1.35. The first-order valence-electron chi connectivity index (χ1n) is 5.33. The summed E-state index contributed by atoms with van der Waals surface area (Å²) < 4.78 is 1.93. The number of fused-ring (bicyclic) bond motifs is 1. The molecule has 1 aromatic carbocycles. The van der Waals surface area contributed by atoms with Gasteiger partial charge in [0.05, 0.1) is 11.2 Å². The Morgan fingerprint density at radius 3 is 3.00 bits per heavy atom. The van der Waals surface area contributed by atoms with Crippen LogP contribution in [0, 0.1) is 5.92 Å². The summed E-state index contributed by atoms with van der Waals surface area (Å²) in [6.45, 7) is 0.287. The summed E-state index contributed by atoms with van der Waals surface area (Å²) in [5.74, 6) is 0.907. The van der Waals surface area contributed by atoms with Crippen molar-refractivity contribution in [3.8, 4) is 0 Å². The predicted octanol–water partition coefficient (Wildman–Crippen LogP) is 1.67. The summed E-state index contributed by atoms with van der Waals surface area (Å²) in [6.07, 6.45) is 1.08. The third-order valence-electron chi connectivity index (χ3n) is 3.29. The second kappa shape index (κ2) is 3.07. The maximum absolute atomic E-state index is 9.08. The third kappa shape index (κ3) is 1.27. The SMILES string of the molecule is Cn1nc([C@H]2C[C@@H]2CO)c2ccccc21. The number of aliphatic hydroxyl groups is 1. The van der Waals surface area contributed by atoms with Gasteiger partial charge in [-0.25, -0.2) is 0 Å². The quantitative estimate of drug-likeness (QED) is 0.804. The fourth-order valence-electron chi connectivity index (χ4n) is 2.30. The highest BCUT2D eigenvalue weighted by Gasteiger charge is 2.40. The maximum atomic E-state index is 9.08. The van der Waals surface area contributed by atoms with E-state index in [0.29, 0.717) is 11.8 Å². The molecule has 2 atom stereocenters. The normalized spacial score (nSPS) is 24.7. The van der Waals surface area contributed by atoms with E-state index in [0.717, 1.165) is 12.1 Å². The fraction of sp³-hybridized carbons (Fsp3) is 0.417. The Balaban J connectivity index is 2.12. The molecule has 0 saturated heterocycles. The van der Waals surface area contributed by atoms with Crippen molar-refractivity contribution in [2.24, 2.45) is 13.0 Å². The van der Waals surface area contributed by atoms with Crippen molar-refractivity contribution in [2.45, 2.75) is 12.3 Å². The van der Waals surface area contributed by atoms with E-state index in [1.165, 1.54) is 10.9 Å². The van der Waals surface area contributed by atoms with Gasteiger partial charge in [-0.3, -0.25) is 4.68 Å². The molecule has 1 aromatic heterocycles. The van der Waals surface area contributed by atoms with Gasteiger partial charge in [0.2, 0.25) is 0 Å². The lowest BCUT2D eigenvalue weighted by molar-refractivity contribution is 0.273. The van der Waals surface area contributed by atoms with E-state index in [4.69, 9.17) is 5.11 Å². The molecule has 0 amide bonds. The van der Waals surface area contributed by atoms with Gasteiger partial charge in [0, 0.05) is 25.0 Å². The standard InChI is InChI=1S/C12H14N2O/c1-14-11-5-3-2-4-9(11)12(13-14)10-6-8(10)7-15/h2-5,8,10,15H,6-7H2,1H3/t8-,10+/m1/s1. The van der Waals surface area contributed by atoms with Gasteiger partial charge in [-0.2, -0.15) is 5.10 Å². The molecule has 1 aliphatic carbocycles. The third-order valence-corrected chi connectivity index (χ3v) is 3.29. The van der Waals surface area contributed by atoms with Crippen LogP contribution in [-0.2, 0) is 7.05 Å². The first-order valence-corrected chi connectivity index (χ1v) is 5.33. The van der Waals surface area contributed by atoms with Crippen molar-refractivity contribution >= 4 is 10.9 Å².